The largest absolute Gasteiger partial charge is 0.497 e. The first kappa shape index (κ1) is 12.9. The first-order chi connectivity index (χ1) is 8.54. The molecule has 1 aromatic carbocycles. The fraction of sp³-hybridized carbons (Fsp3) is 0.167. The molecule has 0 bridgehead atoms. The number of hydrogen-bond donors (Lipinski definition) is 1. The molecule has 94 valence electrons. The number of aromatic carboxylic acids is 1. The van der Waals surface area contributed by atoms with Crippen LogP contribution < -0.4 is 4.74 Å². The lowest BCUT2D eigenvalue weighted by Gasteiger charge is -2.01. The predicted octanol–water partition coefficient (Wildman–Crippen LogP) is 2.40. The highest BCUT2D eigenvalue weighted by Gasteiger charge is 2.20. The minimum atomic E-state index is -0.978. The Morgan fingerprint density at radius 2 is 2.00 bits per heavy atom. The lowest BCUT2D eigenvalue weighted by atomic mass is 10.1. The summed E-state index contributed by atoms with van der Waals surface area (Å²) in [5.74, 6) is -0.225. The van der Waals surface area contributed by atoms with Gasteiger partial charge in [0.1, 0.15) is 11.4 Å². The van der Waals surface area contributed by atoms with E-state index in [0.717, 1.165) is 11.3 Å². The van der Waals surface area contributed by atoms with Gasteiger partial charge in [0.25, 0.3) is 0 Å². The van der Waals surface area contributed by atoms with Gasteiger partial charge < -0.3 is 9.84 Å². The molecule has 2 aromatic rings. The van der Waals surface area contributed by atoms with E-state index in [-0.39, 0.29) is 5.69 Å². The maximum Gasteiger partial charge on any atom is 0.355 e. The van der Waals surface area contributed by atoms with Gasteiger partial charge in [0, 0.05) is 12.6 Å². The molecule has 0 amide bonds. The van der Waals surface area contributed by atoms with Crippen molar-refractivity contribution in [3.63, 3.8) is 0 Å². The van der Waals surface area contributed by atoms with E-state index in [9.17, 15) is 4.79 Å². The molecule has 1 aromatic heterocycles. The van der Waals surface area contributed by atoms with Gasteiger partial charge in [0.2, 0.25) is 0 Å². The van der Waals surface area contributed by atoms with Crippen LogP contribution >= 0.6 is 22.6 Å². The van der Waals surface area contributed by atoms with Gasteiger partial charge in [-0.2, -0.15) is 5.10 Å². The number of nitrogens with zero attached hydrogens (tertiary/aromatic N) is 2. The zero-order valence-electron chi connectivity index (χ0n) is 9.85. The molecule has 1 N–H and O–H groups in total. The Morgan fingerprint density at radius 3 is 2.44 bits per heavy atom. The standard InChI is InChI=1S/C12H11IN2O3/c1-15-11(12(16)17)9(13)10(14-15)7-3-5-8(18-2)6-4-7/h3-6H,1-2H3,(H,16,17). The van der Waals surface area contributed by atoms with Crippen LogP contribution in [0.1, 0.15) is 10.5 Å². The first-order valence-corrected chi connectivity index (χ1v) is 6.22. The van der Waals surface area contributed by atoms with Crippen LogP contribution in [0.25, 0.3) is 11.3 Å². The highest BCUT2D eigenvalue weighted by atomic mass is 127. The van der Waals surface area contributed by atoms with Crippen molar-refractivity contribution in [3.05, 3.63) is 33.5 Å². The second kappa shape index (κ2) is 4.97. The van der Waals surface area contributed by atoms with Gasteiger partial charge >= 0.3 is 5.97 Å². The smallest absolute Gasteiger partial charge is 0.355 e. The van der Waals surface area contributed by atoms with Gasteiger partial charge in [-0.25, -0.2) is 4.79 Å². The maximum atomic E-state index is 11.1. The van der Waals surface area contributed by atoms with Crippen molar-refractivity contribution in [2.75, 3.05) is 7.11 Å². The maximum absolute atomic E-state index is 11.1. The predicted molar refractivity (Wildman–Crippen MR) is 74.9 cm³/mol. The van der Waals surface area contributed by atoms with Crippen molar-refractivity contribution < 1.29 is 14.6 Å². The van der Waals surface area contributed by atoms with Crippen LogP contribution in [0.4, 0.5) is 0 Å². The molecule has 0 radical (unpaired) electrons. The van der Waals surface area contributed by atoms with Gasteiger partial charge in [-0.3, -0.25) is 4.68 Å². The van der Waals surface area contributed by atoms with Crippen LogP contribution in [0.3, 0.4) is 0 Å². The van der Waals surface area contributed by atoms with Crippen molar-refractivity contribution >= 4 is 28.6 Å². The van der Waals surface area contributed by atoms with E-state index in [0.29, 0.717) is 9.26 Å². The van der Waals surface area contributed by atoms with Crippen molar-refractivity contribution in [2.24, 2.45) is 7.05 Å². The number of ether oxygens (including phenoxy) is 1. The number of hydrogen-bond acceptors (Lipinski definition) is 3. The number of carboxylic acids is 1. The van der Waals surface area contributed by atoms with E-state index in [1.54, 1.807) is 14.2 Å². The van der Waals surface area contributed by atoms with Gasteiger partial charge in [0.15, 0.2) is 5.69 Å². The Hall–Kier alpha value is -1.57. The summed E-state index contributed by atoms with van der Waals surface area (Å²) < 4.78 is 7.09. The average Bonchev–Trinajstić information content (AvgIpc) is 2.65. The molecular weight excluding hydrogens is 347 g/mol. The lowest BCUT2D eigenvalue weighted by molar-refractivity contribution is 0.0684. The highest BCUT2D eigenvalue weighted by Crippen LogP contribution is 2.28. The summed E-state index contributed by atoms with van der Waals surface area (Å²) in [5, 5.41) is 13.3. The van der Waals surface area contributed by atoms with Crippen LogP contribution in [0.15, 0.2) is 24.3 Å². The molecule has 0 aliphatic carbocycles. The van der Waals surface area contributed by atoms with Gasteiger partial charge in [0.05, 0.1) is 10.7 Å². The number of aryl methyl sites for hydroxylation is 1. The van der Waals surface area contributed by atoms with E-state index in [1.807, 2.05) is 46.9 Å². The molecule has 1 heterocycles. The third kappa shape index (κ3) is 2.20. The molecule has 0 spiro atoms. The Labute approximate surface area is 118 Å². The number of benzene rings is 1. The molecule has 0 aliphatic heterocycles. The zero-order chi connectivity index (χ0) is 13.3. The normalized spacial score (nSPS) is 10.4. The van der Waals surface area contributed by atoms with Crippen molar-refractivity contribution in [1.29, 1.82) is 0 Å². The number of aromatic nitrogens is 2. The molecule has 0 fully saturated rings. The Kier molecular flexibility index (Phi) is 3.55. The number of rotatable bonds is 3. The van der Waals surface area contributed by atoms with Crippen LogP contribution in [-0.2, 0) is 7.05 Å². The molecule has 18 heavy (non-hydrogen) atoms. The molecule has 0 saturated carbocycles. The fourth-order valence-corrected chi connectivity index (χ4v) is 2.66. The molecule has 0 unspecified atom stereocenters. The number of halogens is 1. The van der Waals surface area contributed by atoms with Crippen molar-refractivity contribution in [2.45, 2.75) is 0 Å². The molecule has 2 rings (SSSR count). The minimum Gasteiger partial charge on any atom is -0.497 e. The summed E-state index contributed by atoms with van der Waals surface area (Å²) in [4.78, 5) is 11.1. The molecule has 0 aliphatic rings. The summed E-state index contributed by atoms with van der Waals surface area (Å²) >= 11 is 2.00. The second-order valence-electron chi connectivity index (χ2n) is 3.67. The van der Waals surface area contributed by atoms with Gasteiger partial charge in [-0.05, 0) is 46.9 Å². The van der Waals surface area contributed by atoms with Gasteiger partial charge in [-0.15, -0.1) is 0 Å². The number of carbonyl (C=O) groups is 1. The third-order valence-corrected chi connectivity index (χ3v) is 3.58. The summed E-state index contributed by atoms with van der Waals surface area (Å²) in [5.41, 5.74) is 1.72. The summed E-state index contributed by atoms with van der Waals surface area (Å²) in [6.45, 7) is 0. The summed E-state index contributed by atoms with van der Waals surface area (Å²) in [6, 6.07) is 7.35. The van der Waals surface area contributed by atoms with E-state index >= 15 is 0 Å². The van der Waals surface area contributed by atoms with Crippen LogP contribution in [0.5, 0.6) is 5.75 Å². The van der Waals surface area contributed by atoms with Crippen LogP contribution in [0.2, 0.25) is 0 Å². The SMILES string of the molecule is COc1ccc(-c2nn(C)c(C(=O)O)c2I)cc1. The minimum absolute atomic E-state index is 0.196. The van der Waals surface area contributed by atoms with E-state index in [2.05, 4.69) is 5.10 Å². The topological polar surface area (TPSA) is 64.4 Å². The third-order valence-electron chi connectivity index (χ3n) is 2.56. The van der Waals surface area contributed by atoms with Crippen LogP contribution in [0, 0.1) is 3.57 Å². The first-order valence-electron chi connectivity index (χ1n) is 5.14. The van der Waals surface area contributed by atoms with Crippen LogP contribution in [-0.4, -0.2) is 28.0 Å². The van der Waals surface area contributed by atoms with Crippen molar-refractivity contribution in [1.82, 2.24) is 9.78 Å². The zero-order valence-corrected chi connectivity index (χ0v) is 12.0. The Morgan fingerprint density at radius 1 is 1.39 bits per heavy atom. The Bertz CT molecular complexity index is 590. The summed E-state index contributed by atoms with van der Waals surface area (Å²) in [6.07, 6.45) is 0. The molecule has 5 nitrogen and oxygen atoms in total. The van der Waals surface area contributed by atoms with Gasteiger partial charge in [-0.1, -0.05) is 0 Å². The molecule has 0 atom stereocenters. The number of carboxylic acid groups (broad SMARTS) is 1. The quantitative estimate of drug-likeness (QED) is 0.856. The average molecular weight is 358 g/mol. The second-order valence-corrected chi connectivity index (χ2v) is 4.75. The molecular formula is C12H11IN2O3. The molecule has 0 saturated heterocycles. The highest BCUT2D eigenvalue weighted by molar-refractivity contribution is 14.1. The van der Waals surface area contributed by atoms with E-state index < -0.39 is 5.97 Å². The van der Waals surface area contributed by atoms with Crippen molar-refractivity contribution in [3.8, 4) is 17.0 Å². The summed E-state index contributed by atoms with van der Waals surface area (Å²) in [7, 11) is 3.22. The lowest BCUT2D eigenvalue weighted by Crippen LogP contribution is -2.06. The number of methoxy groups -OCH3 is 1. The van der Waals surface area contributed by atoms with E-state index in [1.165, 1.54) is 4.68 Å². The molecule has 6 heteroatoms. The fourth-order valence-electron chi connectivity index (χ4n) is 1.66. The monoisotopic (exact) mass is 358 g/mol. The van der Waals surface area contributed by atoms with E-state index in [4.69, 9.17) is 9.84 Å². The Balaban J connectivity index is 2.50.